The number of hydrogen-bond donors (Lipinski definition) is 0. The molecule has 5 rings (SSSR count). The fourth-order valence-electron chi connectivity index (χ4n) is 4.68. The van der Waals surface area contributed by atoms with Crippen molar-refractivity contribution in [3.05, 3.63) is 59.9 Å². The van der Waals surface area contributed by atoms with E-state index in [9.17, 15) is 9.59 Å². The minimum atomic E-state index is 0.0704. The molecular formula is C25H27N3O2. The van der Waals surface area contributed by atoms with Crippen LogP contribution in [-0.4, -0.2) is 58.3 Å². The number of nitrogens with zero attached hydrogens (tertiary/aromatic N) is 3. The number of hydrogen-bond acceptors (Lipinski definition) is 3. The van der Waals surface area contributed by atoms with Gasteiger partial charge in [0.05, 0.1) is 5.69 Å². The molecule has 1 saturated heterocycles. The summed E-state index contributed by atoms with van der Waals surface area (Å²) in [7, 11) is 1.90. The third-order valence-electron chi connectivity index (χ3n) is 6.46. The van der Waals surface area contributed by atoms with Gasteiger partial charge in [0.1, 0.15) is 0 Å². The Balaban J connectivity index is 1.33. The van der Waals surface area contributed by atoms with Gasteiger partial charge in [-0.1, -0.05) is 24.3 Å². The van der Waals surface area contributed by atoms with Crippen LogP contribution in [0.15, 0.2) is 48.7 Å². The average molecular weight is 402 g/mol. The third-order valence-corrected chi connectivity index (χ3v) is 6.46. The van der Waals surface area contributed by atoms with E-state index in [-0.39, 0.29) is 11.7 Å². The molecule has 2 heterocycles. The second-order valence-electron chi connectivity index (χ2n) is 8.58. The number of benzene rings is 2. The molecule has 154 valence electrons. The number of aromatic nitrogens is 1. The van der Waals surface area contributed by atoms with E-state index in [0.29, 0.717) is 0 Å². The van der Waals surface area contributed by atoms with Gasteiger partial charge in [0.2, 0.25) is 0 Å². The van der Waals surface area contributed by atoms with Gasteiger partial charge in [-0.2, -0.15) is 0 Å². The summed E-state index contributed by atoms with van der Waals surface area (Å²) < 4.78 is 1.89. The van der Waals surface area contributed by atoms with E-state index in [4.69, 9.17) is 0 Å². The first-order valence-corrected chi connectivity index (χ1v) is 10.7. The molecule has 1 amide bonds. The Morgan fingerprint density at radius 3 is 2.20 bits per heavy atom. The van der Waals surface area contributed by atoms with Crippen LogP contribution in [0.25, 0.3) is 21.9 Å². The second kappa shape index (κ2) is 7.40. The first-order chi connectivity index (χ1) is 14.5. The lowest BCUT2D eigenvalue weighted by atomic mass is 10.0. The van der Waals surface area contributed by atoms with Crippen molar-refractivity contribution in [1.29, 1.82) is 0 Å². The molecule has 5 heteroatoms. The van der Waals surface area contributed by atoms with E-state index >= 15 is 0 Å². The number of carbonyl (C=O) groups excluding carboxylic acids is 2. The fourth-order valence-corrected chi connectivity index (χ4v) is 4.68. The van der Waals surface area contributed by atoms with E-state index in [1.165, 1.54) is 12.8 Å². The maximum Gasteiger partial charge on any atom is 0.253 e. The summed E-state index contributed by atoms with van der Waals surface area (Å²) >= 11 is 0. The van der Waals surface area contributed by atoms with Gasteiger partial charge in [-0.3, -0.25) is 14.5 Å². The summed E-state index contributed by atoms with van der Waals surface area (Å²) in [5.41, 5.74) is 3.64. The Bertz CT molecular complexity index is 1120. The Hall–Kier alpha value is -2.92. The van der Waals surface area contributed by atoms with Crippen LogP contribution in [0.4, 0.5) is 0 Å². The van der Waals surface area contributed by atoms with E-state index < -0.39 is 0 Å². The van der Waals surface area contributed by atoms with Crippen molar-refractivity contribution < 1.29 is 9.59 Å². The number of ketones is 1. The maximum absolute atomic E-state index is 12.9. The summed E-state index contributed by atoms with van der Waals surface area (Å²) in [5.74, 6) is 0.197. The van der Waals surface area contributed by atoms with Gasteiger partial charge in [0, 0.05) is 68.7 Å². The van der Waals surface area contributed by atoms with Crippen LogP contribution in [0, 0.1) is 0 Å². The number of amides is 1. The number of Topliss-reactive ketones (excluding diaryl/α,β-unsaturated/α-hetero) is 1. The van der Waals surface area contributed by atoms with Gasteiger partial charge in [0.15, 0.2) is 5.78 Å². The smallest absolute Gasteiger partial charge is 0.253 e. The van der Waals surface area contributed by atoms with Crippen LogP contribution in [-0.2, 0) is 7.05 Å². The highest BCUT2D eigenvalue weighted by atomic mass is 16.2. The Kier molecular flexibility index (Phi) is 4.70. The maximum atomic E-state index is 12.9. The largest absolute Gasteiger partial charge is 0.347 e. The van der Waals surface area contributed by atoms with Crippen molar-refractivity contribution in [3.8, 4) is 11.1 Å². The van der Waals surface area contributed by atoms with Crippen molar-refractivity contribution >= 4 is 22.5 Å². The summed E-state index contributed by atoms with van der Waals surface area (Å²) in [6.45, 7) is 5.23. The van der Waals surface area contributed by atoms with Crippen molar-refractivity contribution in [2.24, 2.45) is 7.05 Å². The Morgan fingerprint density at radius 2 is 1.57 bits per heavy atom. The van der Waals surface area contributed by atoms with Crippen LogP contribution < -0.4 is 0 Å². The molecule has 30 heavy (non-hydrogen) atoms. The van der Waals surface area contributed by atoms with E-state index in [0.717, 1.165) is 65.4 Å². The lowest BCUT2D eigenvalue weighted by molar-refractivity contribution is 0.0627. The molecular weight excluding hydrogens is 374 g/mol. The van der Waals surface area contributed by atoms with Crippen molar-refractivity contribution in [1.82, 2.24) is 14.4 Å². The number of fused-ring (bicyclic) bond motifs is 1. The lowest BCUT2D eigenvalue weighted by Gasteiger charge is -2.34. The van der Waals surface area contributed by atoms with Crippen LogP contribution in [0.1, 0.15) is 40.6 Å². The Labute approximate surface area is 176 Å². The molecule has 1 saturated carbocycles. The van der Waals surface area contributed by atoms with Crippen molar-refractivity contribution in [2.45, 2.75) is 25.8 Å². The molecule has 0 bridgehead atoms. The summed E-state index contributed by atoms with van der Waals surface area (Å²) in [4.78, 5) is 29.3. The molecule has 1 aliphatic heterocycles. The standard InChI is InChI=1S/C25H27N3O2/c1-17(29)24-23-10-7-20(15-21(23)16-26(24)2)18-3-5-19(6-4-18)25(30)28-13-11-27(12-14-28)22-8-9-22/h3-7,10,15-16,22H,8-9,11-14H2,1-2H3. The molecule has 5 nitrogen and oxygen atoms in total. The zero-order chi connectivity index (χ0) is 20.8. The highest BCUT2D eigenvalue weighted by Gasteiger charge is 2.32. The molecule has 2 aliphatic rings. The fraction of sp³-hybridized carbons (Fsp3) is 0.360. The Morgan fingerprint density at radius 1 is 0.900 bits per heavy atom. The van der Waals surface area contributed by atoms with Crippen LogP contribution in [0.5, 0.6) is 0 Å². The number of carbonyl (C=O) groups is 2. The second-order valence-corrected chi connectivity index (χ2v) is 8.58. The minimum Gasteiger partial charge on any atom is -0.347 e. The van der Waals surface area contributed by atoms with Gasteiger partial charge in [-0.05, 0) is 42.2 Å². The molecule has 0 atom stereocenters. The molecule has 2 aromatic carbocycles. The van der Waals surface area contributed by atoms with Gasteiger partial charge in [-0.25, -0.2) is 0 Å². The summed E-state index contributed by atoms with van der Waals surface area (Å²) in [6.07, 6.45) is 4.63. The van der Waals surface area contributed by atoms with E-state index in [1.54, 1.807) is 6.92 Å². The summed E-state index contributed by atoms with van der Waals surface area (Å²) in [5, 5.41) is 2.03. The molecule has 1 aliphatic carbocycles. The molecule has 0 unspecified atom stereocenters. The van der Waals surface area contributed by atoms with Gasteiger partial charge in [0.25, 0.3) is 5.91 Å². The first kappa shape index (κ1) is 19.1. The highest BCUT2D eigenvalue weighted by molar-refractivity contribution is 6.07. The zero-order valence-electron chi connectivity index (χ0n) is 17.6. The zero-order valence-corrected chi connectivity index (χ0v) is 17.6. The predicted octanol–water partition coefficient (Wildman–Crippen LogP) is 3.97. The summed E-state index contributed by atoms with van der Waals surface area (Å²) in [6, 6.07) is 14.8. The number of piperazine rings is 1. The third kappa shape index (κ3) is 3.43. The van der Waals surface area contributed by atoms with E-state index in [1.807, 2.05) is 59.1 Å². The highest BCUT2D eigenvalue weighted by Crippen LogP contribution is 2.29. The van der Waals surface area contributed by atoms with Crippen LogP contribution >= 0.6 is 0 Å². The number of rotatable bonds is 4. The van der Waals surface area contributed by atoms with Crippen molar-refractivity contribution in [3.63, 3.8) is 0 Å². The molecule has 3 aromatic rings. The minimum absolute atomic E-state index is 0.0704. The monoisotopic (exact) mass is 401 g/mol. The van der Waals surface area contributed by atoms with Gasteiger partial charge < -0.3 is 9.47 Å². The quantitative estimate of drug-likeness (QED) is 0.622. The van der Waals surface area contributed by atoms with Crippen LogP contribution in [0.3, 0.4) is 0 Å². The van der Waals surface area contributed by atoms with Gasteiger partial charge in [-0.15, -0.1) is 0 Å². The normalized spacial score (nSPS) is 17.5. The average Bonchev–Trinajstić information content (AvgIpc) is 3.55. The lowest BCUT2D eigenvalue weighted by Crippen LogP contribution is -2.49. The number of aryl methyl sites for hydroxylation is 1. The van der Waals surface area contributed by atoms with Crippen molar-refractivity contribution in [2.75, 3.05) is 26.2 Å². The topological polar surface area (TPSA) is 45.6 Å². The predicted molar refractivity (Wildman–Crippen MR) is 119 cm³/mol. The molecule has 0 N–H and O–H groups in total. The molecule has 2 fully saturated rings. The first-order valence-electron chi connectivity index (χ1n) is 10.7. The van der Waals surface area contributed by atoms with Gasteiger partial charge >= 0.3 is 0 Å². The molecule has 0 spiro atoms. The van der Waals surface area contributed by atoms with Crippen LogP contribution in [0.2, 0.25) is 0 Å². The molecule has 1 aromatic heterocycles. The SMILES string of the molecule is CC(=O)c1c2ccc(-c3ccc(C(=O)N4CCN(C5CC5)CC4)cc3)cc2cn1C. The van der Waals surface area contributed by atoms with E-state index in [2.05, 4.69) is 11.0 Å². The molecule has 0 radical (unpaired) electrons.